The van der Waals surface area contributed by atoms with Crippen LogP contribution in [0.5, 0.6) is 0 Å². The minimum absolute atomic E-state index is 0.121. The fourth-order valence-electron chi connectivity index (χ4n) is 1.89. The van der Waals surface area contributed by atoms with Gasteiger partial charge in [-0.15, -0.1) is 0 Å². The van der Waals surface area contributed by atoms with Crippen molar-refractivity contribution in [3.63, 3.8) is 0 Å². The van der Waals surface area contributed by atoms with Crippen LogP contribution in [0.25, 0.3) is 0 Å². The molecule has 7 nitrogen and oxygen atoms in total. The summed E-state index contributed by atoms with van der Waals surface area (Å²) in [6.07, 6.45) is 0. The standard InChI is InChI=1S/C16H13ClN2O5/c1-10-8-12(17)4-7-14(10)18-15(20)9-24-16(21)11-2-5-13(6-3-11)19(22)23/h2-8H,9H2,1H3,(H,18,20). The third kappa shape index (κ3) is 4.53. The van der Waals surface area contributed by atoms with Crippen molar-refractivity contribution < 1.29 is 19.2 Å². The number of carbonyl (C=O) groups excluding carboxylic acids is 2. The number of rotatable bonds is 5. The van der Waals surface area contributed by atoms with Crippen molar-refractivity contribution in [2.45, 2.75) is 6.92 Å². The van der Waals surface area contributed by atoms with Crippen molar-refractivity contribution in [3.8, 4) is 0 Å². The second kappa shape index (κ2) is 7.56. The highest BCUT2D eigenvalue weighted by atomic mass is 35.5. The quantitative estimate of drug-likeness (QED) is 0.507. The van der Waals surface area contributed by atoms with E-state index in [1.807, 2.05) is 0 Å². The molecule has 2 rings (SSSR count). The number of nitrogens with one attached hydrogen (secondary N) is 1. The van der Waals surface area contributed by atoms with Gasteiger partial charge < -0.3 is 10.1 Å². The largest absolute Gasteiger partial charge is 0.452 e. The first kappa shape index (κ1) is 17.4. The van der Waals surface area contributed by atoms with Crippen molar-refractivity contribution in [3.05, 3.63) is 68.7 Å². The summed E-state index contributed by atoms with van der Waals surface area (Å²) >= 11 is 5.83. The molecule has 0 spiro atoms. The van der Waals surface area contributed by atoms with Crippen LogP contribution in [-0.2, 0) is 9.53 Å². The third-order valence-corrected chi connectivity index (χ3v) is 3.35. The topological polar surface area (TPSA) is 98.5 Å². The third-order valence-electron chi connectivity index (χ3n) is 3.11. The van der Waals surface area contributed by atoms with E-state index in [4.69, 9.17) is 16.3 Å². The minimum atomic E-state index is -0.743. The Morgan fingerprint density at radius 3 is 2.46 bits per heavy atom. The Morgan fingerprint density at radius 1 is 1.21 bits per heavy atom. The number of anilines is 1. The molecule has 0 atom stereocenters. The van der Waals surface area contributed by atoms with E-state index >= 15 is 0 Å². The molecule has 0 heterocycles. The monoisotopic (exact) mass is 348 g/mol. The zero-order chi connectivity index (χ0) is 17.7. The summed E-state index contributed by atoms with van der Waals surface area (Å²) in [7, 11) is 0. The fraction of sp³-hybridized carbons (Fsp3) is 0.125. The van der Waals surface area contributed by atoms with Gasteiger partial charge in [-0.2, -0.15) is 0 Å². The van der Waals surface area contributed by atoms with Gasteiger partial charge in [0.25, 0.3) is 11.6 Å². The molecule has 124 valence electrons. The molecule has 0 aliphatic carbocycles. The Hall–Kier alpha value is -2.93. The number of halogens is 1. The minimum Gasteiger partial charge on any atom is -0.452 e. The fourth-order valence-corrected chi connectivity index (χ4v) is 2.11. The number of benzene rings is 2. The molecule has 0 bridgehead atoms. The first-order valence-corrected chi connectivity index (χ1v) is 7.22. The number of ether oxygens (including phenoxy) is 1. The maximum atomic E-state index is 11.8. The summed E-state index contributed by atoms with van der Waals surface area (Å²) < 4.78 is 4.88. The first-order chi connectivity index (χ1) is 11.4. The van der Waals surface area contributed by atoms with Gasteiger partial charge in [0.05, 0.1) is 10.5 Å². The van der Waals surface area contributed by atoms with E-state index in [1.54, 1.807) is 25.1 Å². The number of nitrogens with zero attached hydrogens (tertiary/aromatic N) is 1. The Balaban J connectivity index is 1.91. The molecule has 0 aromatic heterocycles. The predicted octanol–water partition coefficient (Wildman–Crippen LogP) is 3.35. The van der Waals surface area contributed by atoms with E-state index < -0.39 is 23.4 Å². The molecule has 2 aromatic carbocycles. The summed E-state index contributed by atoms with van der Waals surface area (Å²) in [5.74, 6) is -1.25. The van der Waals surface area contributed by atoms with E-state index in [9.17, 15) is 19.7 Å². The summed E-state index contributed by atoms with van der Waals surface area (Å²) in [5.41, 5.74) is 1.33. The lowest BCUT2D eigenvalue weighted by Crippen LogP contribution is -2.21. The van der Waals surface area contributed by atoms with E-state index in [0.717, 1.165) is 5.56 Å². The molecule has 2 aromatic rings. The van der Waals surface area contributed by atoms with Crippen LogP contribution in [-0.4, -0.2) is 23.4 Å². The van der Waals surface area contributed by atoms with Crippen LogP contribution in [0.1, 0.15) is 15.9 Å². The molecule has 8 heteroatoms. The van der Waals surface area contributed by atoms with Crippen LogP contribution in [0.4, 0.5) is 11.4 Å². The lowest BCUT2D eigenvalue weighted by Gasteiger charge is -2.09. The van der Waals surface area contributed by atoms with Gasteiger partial charge in [0.2, 0.25) is 0 Å². The number of nitro benzene ring substituents is 1. The van der Waals surface area contributed by atoms with Gasteiger partial charge in [0, 0.05) is 22.8 Å². The number of amides is 1. The Morgan fingerprint density at radius 2 is 1.88 bits per heavy atom. The van der Waals surface area contributed by atoms with E-state index in [-0.39, 0.29) is 11.3 Å². The number of hydrogen-bond acceptors (Lipinski definition) is 5. The second-order valence-corrected chi connectivity index (χ2v) is 5.32. The van der Waals surface area contributed by atoms with E-state index in [1.165, 1.54) is 24.3 Å². The Kier molecular flexibility index (Phi) is 5.49. The number of esters is 1. The first-order valence-electron chi connectivity index (χ1n) is 6.84. The molecule has 1 N–H and O–H groups in total. The number of non-ortho nitro benzene ring substituents is 1. The molecule has 24 heavy (non-hydrogen) atoms. The number of aryl methyl sites for hydroxylation is 1. The van der Waals surface area contributed by atoms with E-state index in [2.05, 4.69) is 5.32 Å². The molecule has 0 unspecified atom stereocenters. The second-order valence-electron chi connectivity index (χ2n) is 4.89. The average Bonchev–Trinajstić information content (AvgIpc) is 2.55. The average molecular weight is 349 g/mol. The number of carbonyl (C=O) groups is 2. The maximum Gasteiger partial charge on any atom is 0.338 e. The lowest BCUT2D eigenvalue weighted by atomic mass is 10.2. The zero-order valence-corrected chi connectivity index (χ0v) is 13.4. The van der Waals surface area contributed by atoms with Crippen molar-refractivity contribution in [2.24, 2.45) is 0 Å². The van der Waals surface area contributed by atoms with Gasteiger partial charge in [-0.05, 0) is 42.8 Å². The molecule has 0 fully saturated rings. The predicted molar refractivity (Wildman–Crippen MR) is 88.2 cm³/mol. The molecular formula is C16H13ClN2O5. The van der Waals surface area contributed by atoms with Crippen molar-refractivity contribution in [1.82, 2.24) is 0 Å². The number of hydrogen-bond donors (Lipinski definition) is 1. The SMILES string of the molecule is Cc1cc(Cl)ccc1NC(=O)COC(=O)c1ccc([N+](=O)[O-])cc1. The smallest absolute Gasteiger partial charge is 0.338 e. The molecule has 1 amide bonds. The Labute approximate surface area is 142 Å². The highest BCUT2D eigenvalue weighted by Gasteiger charge is 2.13. The van der Waals surface area contributed by atoms with Crippen LogP contribution >= 0.6 is 11.6 Å². The van der Waals surface area contributed by atoms with Crippen LogP contribution in [0, 0.1) is 17.0 Å². The van der Waals surface area contributed by atoms with Crippen LogP contribution in [0.2, 0.25) is 5.02 Å². The summed E-state index contributed by atoms with van der Waals surface area (Å²) in [4.78, 5) is 33.6. The highest BCUT2D eigenvalue weighted by Crippen LogP contribution is 2.19. The van der Waals surface area contributed by atoms with Gasteiger partial charge in [0.15, 0.2) is 6.61 Å². The summed E-state index contributed by atoms with van der Waals surface area (Å²) in [6, 6.07) is 9.88. The van der Waals surface area contributed by atoms with Gasteiger partial charge in [0.1, 0.15) is 0 Å². The maximum absolute atomic E-state index is 11.8. The molecule has 0 aliphatic rings. The highest BCUT2D eigenvalue weighted by molar-refractivity contribution is 6.30. The molecule has 0 saturated carbocycles. The Bertz CT molecular complexity index is 790. The lowest BCUT2D eigenvalue weighted by molar-refractivity contribution is -0.384. The van der Waals surface area contributed by atoms with E-state index in [0.29, 0.717) is 10.7 Å². The zero-order valence-electron chi connectivity index (χ0n) is 12.6. The molecular weight excluding hydrogens is 336 g/mol. The van der Waals surface area contributed by atoms with Gasteiger partial charge in [-0.25, -0.2) is 4.79 Å². The molecule has 0 aliphatic heterocycles. The summed E-state index contributed by atoms with van der Waals surface area (Å²) in [6.45, 7) is 1.31. The van der Waals surface area contributed by atoms with Gasteiger partial charge in [-0.3, -0.25) is 14.9 Å². The normalized spacial score (nSPS) is 10.1. The van der Waals surface area contributed by atoms with Gasteiger partial charge in [-0.1, -0.05) is 11.6 Å². The number of nitro groups is 1. The molecule has 0 radical (unpaired) electrons. The van der Waals surface area contributed by atoms with Crippen LogP contribution in [0.3, 0.4) is 0 Å². The van der Waals surface area contributed by atoms with Crippen LogP contribution in [0.15, 0.2) is 42.5 Å². The van der Waals surface area contributed by atoms with Crippen molar-refractivity contribution in [2.75, 3.05) is 11.9 Å². The van der Waals surface area contributed by atoms with Crippen molar-refractivity contribution in [1.29, 1.82) is 0 Å². The van der Waals surface area contributed by atoms with Crippen LogP contribution < -0.4 is 5.32 Å². The van der Waals surface area contributed by atoms with Gasteiger partial charge >= 0.3 is 5.97 Å². The summed E-state index contributed by atoms with van der Waals surface area (Å²) in [5, 5.41) is 13.7. The van der Waals surface area contributed by atoms with Crippen molar-refractivity contribution >= 4 is 34.9 Å². The molecule has 0 saturated heterocycles.